The summed E-state index contributed by atoms with van der Waals surface area (Å²) < 4.78 is 15.9. The fourth-order valence-corrected chi connectivity index (χ4v) is 10.2. The second kappa shape index (κ2) is 11.3. The van der Waals surface area contributed by atoms with E-state index in [1.54, 1.807) is 0 Å². The maximum Gasteiger partial charge on any atom is 0.333 e. The van der Waals surface area contributed by atoms with Crippen molar-refractivity contribution in [3.05, 3.63) is 138 Å². The van der Waals surface area contributed by atoms with Crippen molar-refractivity contribution < 1.29 is 8.83 Å². The van der Waals surface area contributed by atoms with E-state index in [4.69, 9.17) is 8.83 Å². The minimum atomic E-state index is -0.0808. The van der Waals surface area contributed by atoms with Crippen LogP contribution < -0.4 is 15.7 Å². The molecule has 288 valence electrons. The zero-order valence-electron chi connectivity index (χ0n) is 35.3. The monoisotopic (exact) mass is 766 g/mol. The van der Waals surface area contributed by atoms with Gasteiger partial charge in [-0.3, -0.25) is 0 Å². The lowest BCUT2D eigenvalue weighted by molar-refractivity contribution is 0.587. The fraction of sp³-hybridized carbons (Fsp3) is 0.222. The molecule has 3 aromatic heterocycles. The van der Waals surface area contributed by atoms with Gasteiger partial charge >= 0.3 is 6.85 Å². The van der Waals surface area contributed by atoms with Gasteiger partial charge in [-0.2, -0.15) is 0 Å². The molecule has 2 aliphatic heterocycles. The van der Waals surface area contributed by atoms with Gasteiger partial charge in [-0.25, -0.2) is 0 Å². The highest BCUT2D eigenvalue weighted by Crippen LogP contribution is 2.49. The summed E-state index contributed by atoms with van der Waals surface area (Å²) in [4.78, 5) is 2.64. The highest BCUT2D eigenvalue weighted by molar-refractivity contribution is 6.93. The Labute approximate surface area is 345 Å². The molecular formula is C54H47BN2O2. The van der Waals surface area contributed by atoms with E-state index in [0.717, 1.165) is 49.4 Å². The number of furan rings is 2. The number of anilines is 2. The summed E-state index contributed by atoms with van der Waals surface area (Å²) in [5, 5.41) is 7.08. The Morgan fingerprint density at radius 3 is 1.81 bits per heavy atom. The van der Waals surface area contributed by atoms with Crippen LogP contribution in [-0.4, -0.2) is 11.4 Å². The number of hydrogen-bond donors (Lipinski definition) is 0. The molecule has 0 atom stereocenters. The standard InChI is InChI=1S/C54H47BN2O2/c1-52(2,3)30-14-18-33(19-15-30)57-45-27-41-35-20-16-32(54(7,8)9)25-47(35)59-48(41)28-39(45)36-21-22-37-38-26-40-34-12-10-11-13-46(34)58-49(40)29-44(38)56-43-23-17-31(53(4,5)6)24-42(43)55(57)50(36)51(37)56/h10-29H,1-9H3. The smallest absolute Gasteiger partial charge is 0.333 e. The summed E-state index contributed by atoms with van der Waals surface area (Å²) in [6.45, 7) is 20.6. The van der Waals surface area contributed by atoms with E-state index in [0.29, 0.717) is 0 Å². The van der Waals surface area contributed by atoms with Crippen molar-refractivity contribution in [2.24, 2.45) is 0 Å². The summed E-state index contributed by atoms with van der Waals surface area (Å²) in [6.07, 6.45) is 0. The number of rotatable bonds is 1. The summed E-state index contributed by atoms with van der Waals surface area (Å²) in [6, 6.07) is 45.9. The van der Waals surface area contributed by atoms with Crippen LogP contribution in [0.15, 0.2) is 130 Å². The normalized spacial score (nSPS) is 14.1. The van der Waals surface area contributed by atoms with Crippen molar-refractivity contribution in [3.8, 4) is 16.8 Å². The Bertz CT molecular complexity index is 3450. The van der Waals surface area contributed by atoms with Crippen molar-refractivity contribution in [2.75, 3.05) is 4.81 Å². The zero-order valence-corrected chi connectivity index (χ0v) is 35.3. The molecule has 5 heterocycles. The molecule has 10 aromatic rings. The highest BCUT2D eigenvalue weighted by atomic mass is 16.3. The quantitative estimate of drug-likeness (QED) is 0.156. The van der Waals surface area contributed by atoms with E-state index < -0.39 is 0 Å². The number of para-hydroxylation sites is 1. The van der Waals surface area contributed by atoms with Crippen LogP contribution in [0.2, 0.25) is 0 Å². The molecule has 2 aliphatic rings. The molecule has 0 fully saturated rings. The average Bonchev–Trinajstić information content (AvgIpc) is 3.86. The van der Waals surface area contributed by atoms with Gasteiger partial charge in [0.15, 0.2) is 0 Å². The molecule has 0 amide bonds. The van der Waals surface area contributed by atoms with Crippen LogP contribution in [0.1, 0.15) is 79.0 Å². The van der Waals surface area contributed by atoms with Crippen molar-refractivity contribution in [2.45, 2.75) is 78.6 Å². The van der Waals surface area contributed by atoms with E-state index in [2.05, 4.69) is 193 Å². The van der Waals surface area contributed by atoms with E-state index >= 15 is 0 Å². The molecule has 0 saturated carbocycles. The largest absolute Gasteiger partial charge is 0.456 e. The Hall–Kier alpha value is -6.20. The van der Waals surface area contributed by atoms with Crippen LogP contribution in [0.3, 0.4) is 0 Å². The van der Waals surface area contributed by atoms with E-state index in [1.165, 1.54) is 72.1 Å². The van der Waals surface area contributed by atoms with Crippen LogP contribution in [0.25, 0.3) is 82.5 Å². The molecule has 0 bridgehead atoms. The van der Waals surface area contributed by atoms with Crippen LogP contribution in [-0.2, 0) is 16.2 Å². The highest BCUT2D eigenvalue weighted by Gasteiger charge is 2.45. The number of aromatic nitrogens is 1. The molecule has 0 unspecified atom stereocenters. The predicted octanol–water partition coefficient (Wildman–Crippen LogP) is 13.7. The van der Waals surface area contributed by atoms with Crippen LogP contribution in [0, 0.1) is 0 Å². The fourth-order valence-electron chi connectivity index (χ4n) is 10.2. The second-order valence-electron chi connectivity index (χ2n) is 20.2. The van der Waals surface area contributed by atoms with Gasteiger partial charge in [0.2, 0.25) is 0 Å². The minimum Gasteiger partial charge on any atom is -0.456 e. The average molecular weight is 767 g/mol. The van der Waals surface area contributed by atoms with Crippen molar-refractivity contribution >= 4 is 94.8 Å². The van der Waals surface area contributed by atoms with Crippen molar-refractivity contribution in [1.29, 1.82) is 0 Å². The third-order valence-corrected chi connectivity index (χ3v) is 13.4. The van der Waals surface area contributed by atoms with Gasteiger partial charge in [0.25, 0.3) is 0 Å². The third kappa shape index (κ3) is 4.79. The molecule has 59 heavy (non-hydrogen) atoms. The molecule has 0 radical (unpaired) electrons. The number of nitrogens with zero attached hydrogens (tertiary/aromatic N) is 2. The van der Waals surface area contributed by atoms with Gasteiger partial charge in [0.1, 0.15) is 22.3 Å². The Morgan fingerprint density at radius 2 is 1.05 bits per heavy atom. The maximum absolute atomic E-state index is 6.81. The first kappa shape index (κ1) is 34.8. The third-order valence-electron chi connectivity index (χ3n) is 13.4. The first-order valence-electron chi connectivity index (χ1n) is 21.1. The van der Waals surface area contributed by atoms with Crippen LogP contribution in [0.5, 0.6) is 0 Å². The van der Waals surface area contributed by atoms with Crippen LogP contribution >= 0.6 is 0 Å². The first-order valence-corrected chi connectivity index (χ1v) is 21.1. The van der Waals surface area contributed by atoms with Gasteiger partial charge in [0, 0.05) is 61.0 Å². The molecule has 0 saturated heterocycles. The van der Waals surface area contributed by atoms with E-state index in [9.17, 15) is 0 Å². The summed E-state index contributed by atoms with van der Waals surface area (Å²) in [5.74, 6) is 0. The van der Waals surface area contributed by atoms with Gasteiger partial charge in [-0.05, 0) is 98.0 Å². The van der Waals surface area contributed by atoms with E-state index in [-0.39, 0.29) is 23.1 Å². The molecular weight excluding hydrogens is 719 g/mol. The molecule has 0 aliphatic carbocycles. The van der Waals surface area contributed by atoms with Crippen molar-refractivity contribution in [1.82, 2.24) is 4.57 Å². The summed E-state index contributed by atoms with van der Waals surface area (Å²) in [5.41, 5.74) is 18.7. The lowest BCUT2D eigenvalue weighted by Crippen LogP contribution is -2.60. The Balaban J connectivity index is 1.23. The SMILES string of the molecule is CC(C)(C)c1ccc(N2B3c4cc(C(C)(C)C)ccc4-n4c5cc6oc7ccccc7c6cc5c5ccc(c3c54)-c3cc4oc5cc(C(C)(C)C)ccc5c4cc32)cc1. The summed E-state index contributed by atoms with van der Waals surface area (Å²) in [7, 11) is 0. The molecule has 5 heteroatoms. The molecule has 0 N–H and O–H groups in total. The molecule has 7 aromatic carbocycles. The zero-order chi connectivity index (χ0) is 40.5. The lowest BCUT2D eigenvalue weighted by atomic mass is 9.43. The number of fused-ring (bicyclic) bond motifs is 14. The molecule has 12 rings (SSSR count). The van der Waals surface area contributed by atoms with E-state index in [1.807, 2.05) is 0 Å². The number of benzene rings is 7. The second-order valence-corrected chi connectivity index (χ2v) is 20.2. The lowest BCUT2D eigenvalue weighted by Gasteiger charge is -2.42. The maximum atomic E-state index is 6.81. The molecule has 0 spiro atoms. The molecule has 4 nitrogen and oxygen atoms in total. The Morgan fingerprint density at radius 1 is 0.441 bits per heavy atom. The minimum absolute atomic E-state index is 0.0165. The topological polar surface area (TPSA) is 34.5 Å². The predicted molar refractivity (Wildman–Crippen MR) is 250 cm³/mol. The van der Waals surface area contributed by atoms with Gasteiger partial charge in [0.05, 0.1) is 11.0 Å². The van der Waals surface area contributed by atoms with Gasteiger partial charge < -0.3 is 18.2 Å². The first-order chi connectivity index (χ1) is 28.1. The van der Waals surface area contributed by atoms with Crippen LogP contribution in [0.4, 0.5) is 11.4 Å². The van der Waals surface area contributed by atoms with Crippen molar-refractivity contribution in [3.63, 3.8) is 0 Å². The Kier molecular flexibility index (Phi) is 6.66. The van der Waals surface area contributed by atoms with Gasteiger partial charge in [-0.1, -0.05) is 129 Å². The van der Waals surface area contributed by atoms with Gasteiger partial charge in [-0.15, -0.1) is 0 Å². The number of hydrogen-bond acceptors (Lipinski definition) is 3. The summed E-state index contributed by atoms with van der Waals surface area (Å²) >= 11 is 0.